The van der Waals surface area contributed by atoms with Crippen molar-refractivity contribution in [2.24, 2.45) is 5.73 Å². The van der Waals surface area contributed by atoms with Crippen molar-refractivity contribution in [3.63, 3.8) is 0 Å². The van der Waals surface area contributed by atoms with Gasteiger partial charge in [-0.25, -0.2) is 0 Å². The highest BCUT2D eigenvalue weighted by molar-refractivity contribution is 5.14. The zero-order valence-electron chi connectivity index (χ0n) is 6.59. The lowest BCUT2D eigenvalue weighted by molar-refractivity contribution is 0.0243. The molecule has 0 saturated carbocycles. The second-order valence-corrected chi connectivity index (χ2v) is 2.53. The SMILES string of the molecule is NCC(O)C(O)c1ccncc1. The number of nitrogens with two attached hydrogens (primary N) is 1. The Morgan fingerprint density at radius 3 is 2.42 bits per heavy atom. The third kappa shape index (κ3) is 2.01. The summed E-state index contributed by atoms with van der Waals surface area (Å²) in [6.45, 7) is 0.0451. The number of aliphatic hydroxyl groups excluding tert-OH is 2. The molecule has 0 radical (unpaired) electrons. The molecule has 0 amide bonds. The molecular weight excluding hydrogens is 156 g/mol. The van der Waals surface area contributed by atoms with E-state index in [4.69, 9.17) is 5.73 Å². The summed E-state index contributed by atoms with van der Waals surface area (Å²) in [5.41, 5.74) is 5.81. The van der Waals surface area contributed by atoms with Crippen LogP contribution < -0.4 is 5.73 Å². The van der Waals surface area contributed by atoms with Crippen LogP contribution in [0, 0.1) is 0 Å². The molecule has 1 rings (SSSR count). The fraction of sp³-hybridized carbons (Fsp3) is 0.375. The van der Waals surface area contributed by atoms with E-state index < -0.39 is 12.2 Å². The third-order valence-electron chi connectivity index (χ3n) is 1.65. The third-order valence-corrected chi connectivity index (χ3v) is 1.65. The molecule has 1 heterocycles. The van der Waals surface area contributed by atoms with Gasteiger partial charge in [0.05, 0.1) is 6.10 Å². The van der Waals surface area contributed by atoms with Crippen molar-refractivity contribution in [1.82, 2.24) is 4.98 Å². The molecule has 0 spiro atoms. The number of hydrogen-bond donors (Lipinski definition) is 3. The number of hydrogen-bond acceptors (Lipinski definition) is 4. The number of aromatic nitrogens is 1. The van der Waals surface area contributed by atoms with Crippen molar-refractivity contribution in [1.29, 1.82) is 0 Å². The highest BCUT2D eigenvalue weighted by atomic mass is 16.3. The fourth-order valence-corrected chi connectivity index (χ4v) is 0.912. The van der Waals surface area contributed by atoms with Crippen LogP contribution in [0.2, 0.25) is 0 Å². The molecule has 12 heavy (non-hydrogen) atoms. The molecular formula is C8H12N2O2. The van der Waals surface area contributed by atoms with Gasteiger partial charge in [-0.3, -0.25) is 4.98 Å². The van der Waals surface area contributed by atoms with Gasteiger partial charge >= 0.3 is 0 Å². The van der Waals surface area contributed by atoms with Gasteiger partial charge in [-0.05, 0) is 17.7 Å². The van der Waals surface area contributed by atoms with Crippen molar-refractivity contribution >= 4 is 0 Å². The van der Waals surface area contributed by atoms with E-state index in [2.05, 4.69) is 4.98 Å². The fourth-order valence-electron chi connectivity index (χ4n) is 0.912. The highest BCUT2D eigenvalue weighted by Crippen LogP contribution is 2.14. The Labute approximate surface area is 70.7 Å². The summed E-state index contributed by atoms with van der Waals surface area (Å²) in [7, 11) is 0. The van der Waals surface area contributed by atoms with Crippen molar-refractivity contribution in [2.45, 2.75) is 12.2 Å². The normalized spacial score (nSPS) is 15.6. The van der Waals surface area contributed by atoms with Crippen LogP contribution in [-0.4, -0.2) is 27.8 Å². The van der Waals surface area contributed by atoms with E-state index in [1.807, 2.05) is 0 Å². The summed E-state index contributed by atoms with van der Waals surface area (Å²) in [6, 6.07) is 3.28. The predicted molar refractivity (Wildman–Crippen MR) is 44.3 cm³/mol. The van der Waals surface area contributed by atoms with Crippen LogP contribution in [0.15, 0.2) is 24.5 Å². The van der Waals surface area contributed by atoms with Crippen LogP contribution in [0.4, 0.5) is 0 Å². The van der Waals surface area contributed by atoms with Gasteiger partial charge in [0.2, 0.25) is 0 Å². The first kappa shape index (κ1) is 9.12. The molecule has 2 atom stereocenters. The van der Waals surface area contributed by atoms with Crippen LogP contribution in [0.1, 0.15) is 11.7 Å². The summed E-state index contributed by atoms with van der Waals surface area (Å²) >= 11 is 0. The Hall–Kier alpha value is -0.970. The smallest absolute Gasteiger partial charge is 0.106 e. The minimum Gasteiger partial charge on any atom is -0.389 e. The molecule has 0 aliphatic heterocycles. The monoisotopic (exact) mass is 168 g/mol. The summed E-state index contributed by atoms with van der Waals surface area (Å²) in [5.74, 6) is 0. The van der Waals surface area contributed by atoms with Crippen molar-refractivity contribution < 1.29 is 10.2 Å². The van der Waals surface area contributed by atoms with Crippen LogP contribution >= 0.6 is 0 Å². The standard InChI is InChI=1S/C8H12N2O2/c9-5-7(11)8(12)6-1-3-10-4-2-6/h1-4,7-8,11-12H,5,9H2. The topological polar surface area (TPSA) is 79.4 Å². The number of nitrogens with zero attached hydrogens (tertiary/aromatic N) is 1. The zero-order valence-corrected chi connectivity index (χ0v) is 6.59. The minimum absolute atomic E-state index is 0.0451. The molecule has 4 nitrogen and oxygen atoms in total. The first-order chi connectivity index (χ1) is 5.75. The second kappa shape index (κ2) is 4.15. The average Bonchev–Trinajstić information content (AvgIpc) is 2.17. The maximum absolute atomic E-state index is 9.43. The second-order valence-electron chi connectivity index (χ2n) is 2.53. The number of aliphatic hydroxyl groups is 2. The number of rotatable bonds is 3. The molecule has 0 bridgehead atoms. The molecule has 4 heteroatoms. The maximum atomic E-state index is 9.43. The van der Waals surface area contributed by atoms with Gasteiger partial charge in [-0.15, -0.1) is 0 Å². The van der Waals surface area contributed by atoms with Crippen LogP contribution in [0.25, 0.3) is 0 Å². The van der Waals surface area contributed by atoms with Crippen LogP contribution in [-0.2, 0) is 0 Å². The summed E-state index contributed by atoms with van der Waals surface area (Å²) in [5, 5.41) is 18.6. The Bertz CT molecular complexity index is 228. The zero-order chi connectivity index (χ0) is 8.97. The molecule has 1 aromatic rings. The van der Waals surface area contributed by atoms with Gasteiger partial charge in [0.25, 0.3) is 0 Å². The first-order valence-electron chi connectivity index (χ1n) is 3.72. The summed E-state index contributed by atoms with van der Waals surface area (Å²) < 4.78 is 0. The molecule has 0 fully saturated rings. The molecule has 0 saturated heterocycles. The molecule has 66 valence electrons. The minimum atomic E-state index is -0.919. The van der Waals surface area contributed by atoms with E-state index in [9.17, 15) is 10.2 Å². The summed E-state index contributed by atoms with van der Waals surface area (Å²) in [6.07, 6.45) is 1.29. The lowest BCUT2D eigenvalue weighted by Crippen LogP contribution is -2.27. The van der Waals surface area contributed by atoms with E-state index in [0.29, 0.717) is 5.56 Å². The Kier molecular flexibility index (Phi) is 3.16. The van der Waals surface area contributed by atoms with Crippen molar-refractivity contribution in [3.05, 3.63) is 30.1 Å². The predicted octanol–water partition coefficient (Wildman–Crippen LogP) is -0.565. The first-order valence-corrected chi connectivity index (χ1v) is 3.72. The molecule has 4 N–H and O–H groups in total. The van der Waals surface area contributed by atoms with E-state index in [1.54, 1.807) is 24.5 Å². The van der Waals surface area contributed by atoms with Gasteiger partial charge in [-0.1, -0.05) is 0 Å². The average molecular weight is 168 g/mol. The molecule has 0 aliphatic rings. The Balaban J connectivity index is 2.71. The van der Waals surface area contributed by atoms with Crippen molar-refractivity contribution in [2.75, 3.05) is 6.54 Å². The van der Waals surface area contributed by atoms with E-state index in [0.717, 1.165) is 0 Å². The largest absolute Gasteiger partial charge is 0.389 e. The maximum Gasteiger partial charge on any atom is 0.106 e. The molecule has 1 aromatic heterocycles. The lowest BCUT2D eigenvalue weighted by atomic mass is 10.1. The van der Waals surface area contributed by atoms with Crippen molar-refractivity contribution in [3.8, 4) is 0 Å². The molecule has 2 unspecified atom stereocenters. The van der Waals surface area contributed by atoms with Gasteiger partial charge in [0, 0.05) is 18.9 Å². The summed E-state index contributed by atoms with van der Waals surface area (Å²) in [4.78, 5) is 3.79. The van der Waals surface area contributed by atoms with Gasteiger partial charge in [-0.2, -0.15) is 0 Å². The van der Waals surface area contributed by atoms with Crippen LogP contribution in [0.3, 0.4) is 0 Å². The Morgan fingerprint density at radius 1 is 1.33 bits per heavy atom. The quantitative estimate of drug-likeness (QED) is 0.565. The Morgan fingerprint density at radius 2 is 1.92 bits per heavy atom. The lowest BCUT2D eigenvalue weighted by Gasteiger charge is -2.15. The molecule has 0 aliphatic carbocycles. The number of pyridine rings is 1. The van der Waals surface area contributed by atoms with E-state index in [-0.39, 0.29) is 6.54 Å². The van der Waals surface area contributed by atoms with Crippen LogP contribution in [0.5, 0.6) is 0 Å². The molecule has 0 aromatic carbocycles. The van der Waals surface area contributed by atoms with Gasteiger partial charge in [0.1, 0.15) is 6.10 Å². The highest BCUT2D eigenvalue weighted by Gasteiger charge is 2.15. The van der Waals surface area contributed by atoms with E-state index in [1.165, 1.54) is 0 Å². The van der Waals surface area contributed by atoms with E-state index >= 15 is 0 Å². The van der Waals surface area contributed by atoms with Gasteiger partial charge < -0.3 is 15.9 Å². The van der Waals surface area contributed by atoms with Gasteiger partial charge in [0.15, 0.2) is 0 Å².